The van der Waals surface area contributed by atoms with Gasteiger partial charge in [-0.05, 0) is 23.3 Å². The summed E-state index contributed by atoms with van der Waals surface area (Å²) < 4.78 is 15.3. The third kappa shape index (κ3) is 3.19. The van der Waals surface area contributed by atoms with Gasteiger partial charge in [0.2, 0.25) is 0 Å². The van der Waals surface area contributed by atoms with Crippen molar-refractivity contribution in [2.45, 2.75) is 6.54 Å². The van der Waals surface area contributed by atoms with Crippen LogP contribution in [0.15, 0.2) is 48.3 Å². The van der Waals surface area contributed by atoms with Gasteiger partial charge in [0, 0.05) is 12.7 Å². The zero-order valence-corrected chi connectivity index (χ0v) is 13.9. The number of benzene rings is 1. The molecule has 1 aliphatic heterocycles. The van der Waals surface area contributed by atoms with Crippen LogP contribution < -0.4 is 9.47 Å². The van der Waals surface area contributed by atoms with Gasteiger partial charge in [-0.25, -0.2) is 4.79 Å². The van der Waals surface area contributed by atoms with Gasteiger partial charge in [0.25, 0.3) is 0 Å². The summed E-state index contributed by atoms with van der Waals surface area (Å²) in [6.45, 7) is 4.06. The van der Waals surface area contributed by atoms with E-state index in [0.29, 0.717) is 23.6 Å². The first-order chi connectivity index (χ1) is 11.6. The van der Waals surface area contributed by atoms with Crippen LogP contribution >= 0.6 is 0 Å². The summed E-state index contributed by atoms with van der Waals surface area (Å²) in [5, 5.41) is 0. The molecule has 1 aliphatic rings. The Kier molecular flexibility index (Phi) is 5.45. The molecule has 0 fully saturated rings. The molecular weight excluding hydrogens is 310 g/mol. The molecule has 0 saturated heterocycles. The predicted molar refractivity (Wildman–Crippen MR) is 88.1 cm³/mol. The third-order valence-electron chi connectivity index (χ3n) is 3.80. The molecule has 6 heteroatoms. The van der Waals surface area contributed by atoms with Gasteiger partial charge in [-0.15, -0.1) is 0 Å². The van der Waals surface area contributed by atoms with E-state index in [2.05, 4.69) is 6.58 Å². The molecule has 1 unspecified atom stereocenters. The highest BCUT2D eigenvalue weighted by atomic mass is 16.5. The summed E-state index contributed by atoms with van der Waals surface area (Å²) in [6, 6.07) is 5.45. The Morgan fingerprint density at radius 1 is 1.29 bits per heavy atom. The van der Waals surface area contributed by atoms with Gasteiger partial charge in [-0.1, -0.05) is 18.7 Å². The molecule has 1 aromatic rings. The van der Waals surface area contributed by atoms with E-state index < -0.39 is 11.9 Å². The highest BCUT2D eigenvalue weighted by Gasteiger charge is 2.36. The van der Waals surface area contributed by atoms with Crippen LogP contribution in [0.5, 0.6) is 11.5 Å². The van der Waals surface area contributed by atoms with Crippen LogP contribution in [0, 0.1) is 5.92 Å². The Bertz CT molecular complexity index is 731. The number of rotatable bonds is 6. The quantitative estimate of drug-likeness (QED) is 0.588. The van der Waals surface area contributed by atoms with Crippen molar-refractivity contribution >= 4 is 11.9 Å². The summed E-state index contributed by atoms with van der Waals surface area (Å²) in [4.78, 5) is 25.0. The van der Waals surface area contributed by atoms with E-state index in [1.807, 2.05) is 18.1 Å². The van der Waals surface area contributed by atoms with Crippen molar-refractivity contribution in [1.29, 1.82) is 0 Å². The van der Waals surface area contributed by atoms with Crippen molar-refractivity contribution in [1.82, 2.24) is 4.90 Å². The molecular formula is C18H19NO5. The first-order valence-corrected chi connectivity index (χ1v) is 7.24. The van der Waals surface area contributed by atoms with E-state index in [1.165, 1.54) is 13.2 Å². The molecule has 1 aromatic carbocycles. The third-order valence-corrected chi connectivity index (χ3v) is 3.80. The van der Waals surface area contributed by atoms with E-state index in [9.17, 15) is 9.59 Å². The number of esters is 1. The maximum atomic E-state index is 12.0. The number of hydrogen-bond donors (Lipinski definition) is 0. The Morgan fingerprint density at radius 2 is 2.00 bits per heavy atom. The van der Waals surface area contributed by atoms with Crippen molar-refractivity contribution < 1.29 is 23.8 Å². The van der Waals surface area contributed by atoms with Crippen LogP contribution in [0.4, 0.5) is 0 Å². The van der Waals surface area contributed by atoms with E-state index in [0.717, 1.165) is 5.56 Å². The van der Waals surface area contributed by atoms with Crippen LogP contribution in [0.1, 0.15) is 5.56 Å². The number of carbonyl (C=O) groups is 1. The number of nitrogens with zero attached hydrogens (tertiary/aromatic N) is 1. The molecule has 6 nitrogen and oxygen atoms in total. The highest BCUT2D eigenvalue weighted by Crippen LogP contribution is 2.34. The van der Waals surface area contributed by atoms with E-state index in [4.69, 9.17) is 14.2 Å². The lowest BCUT2D eigenvalue weighted by molar-refractivity contribution is -0.142. The average Bonchev–Trinajstić information content (AvgIpc) is 2.98. The molecule has 0 spiro atoms. The molecule has 1 heterocycles. The minimum atomic E-state index is -0.801. The Hall–Kier alpha value is -2.98. The van der Waals surface area contributed by atoms with Crippen LogP contribution in [0.3, 0.4) is 0 Å². The number of hydrogen-bond acceptors (Lipinski definition) is 6. The minimum Gasteiger partial charge on any atom is -0.493 e. The molecule has 0 bridgehead atoms. The van der Waals surface area contributed by atoms with Crippen LogP contribution in [-0.4, -0.2) is 38.1 Å². The van der Waals surface area contributed by atoms with Gasteiger partial charge in [0.05, 0.1) is 21.3 Å². The van der Waals surface area contributed by atoms with E-state index in [-0.39, 0.29) is 5.70 Å². The molecule has 2 rings (SSSR count). The predicted octanol–water partition coefficient (Wildman–Crippen LogP) is 2.09. The summed E-state index contributed by atoms with van der Waals surface area (Å²) in [6.07, 6.45) is 3.24. The first kappa shape index (κ1) is 17.4. The van der Waals surface area contributed by atoms with Gasteiger partial charge >= 0.3 is 5.97 Å². The summed E-state index contributed by atoms with van der Waals surface area (Å²) >= 11 is 0. The SMILES string of the molecule is C=CC1=CN(Cc2ccc(OC)c(OC)c2)C(=C=O)C1C(=O)OC. The Labute approximate surface area is 140 Å². The van der Waals surface area contributed by atoms with Crippen LogP contribution in [0.2, 0.25) is 0 Å². The molecule has 0 amide bonds. The topological polar surface area (TPSA) is 65.1 Å². The number of ether oxygens (including phenoxy) is 3. The fourth-order valence-electron chi connectivity index (χ4n) is 2.61. The van der Waals surface area contributed by atoms with Gasteiger partial charge in [-0.3, -0.25) is 4.79 Å². The lowest BCUT2D eigenvalue weighted by Crippen LogP contribution is -2.23. The normalized spacial score (nSPS) is 16.3. The van der Waals surface area contributed by atoms with Crippen molar-refractivity contribution in [2.24, 2.45) is 5.92 Å². The monoisotopic (exact) mass is 329 g/mol. The molecule has 0 aliphatic carbocycles. The minimum absolute atomic E-state index is 0.200. The second-order valence-corrected chi connectivity index (χ2v) is 5.09. The van der Waals surface area contributed by atoms with Crippen molar-refractivity contribution in [2.75, 3.05) is 21.3 Å². The highest BCUT2D eigenvalue weighted by molar-refractivity contribution is 5.84. The maximum absolute atomic E-state index is 12.0. The number of allylic oxidation sites excluding steroid dienone is 1. The molecule has 0 saturated carbocycles. The zero-order valence-electron chi connectivity index (χ0n) is 13.9. The lowest BCUT2D eigenvalue weighted by Gasteiger charge is -2.19. The van der Waals surface area contributed by atoms with Crippen molar-refractivity contribution in [3.05, 3.63) is 53.9 Å². The summed E-state index contributed by atoms with van der Waals surface area (Å²) in [5.41, 5.74) is 1.68. The maximum Gasteiger partial charge on any atom is 0.320 e. The Morgan fingerprint density at radius 3 is 2.54 bits per heavy atom. The first-order valence-electron chi connectivity index (χ1n) is 7.24. The van der Waals surface area contributed by atoms with E-state index >= 15 is 0 Å². The van der Waals surface area contributed by atoms with Gasteiger partial charge in [-0.2, -0.15) is 0 Å². The number of methoxy groups -OCH3 is 3. The van der Waals surface area contributed by atoms with Crippen LogP contribution in [-0.2, 0) is 20.9 Å². The second kappa shape index (κ2) is 7.53. The number of carbonyl (C=O) groups excluding carboxylic acids is 2. The lowest BCUT2D eigenvalue weighted by atomic mass is 10.00. The molecule has 0 radical (unpaired) electrons. The standard InChI is InChI=1S/C18H19NO5/c1-5-13-10-19(14(11-20)17(13)18(21)24-4)9-12-6-7-15(22-2)16(8-12)23-3/h5-8,10,17H,1,9H2,2-4H3. The van der Waals surface area contributed by atoms with Crippen molar-refractivity contribution in [3.8, 4) is 11.5 Å². The molecule has 1 atom stereocenters. The largest absolute Gasteiger partial charge is 0.493 e. The molecule has 24 heavy (non-hydrogen) atoms. The smallest absolute Gasteiger partial charge is 0.320 e. The van der Waals surface area contributed by atoms with Gasteiger partial charge < -0.3 is 19.1 Å². The molecule has 0 aromatic heterocycles. The Balaban J connectivity index is 2.32. The van der Waals surface area contributed by atoms with Gasteiger partial charge in [0.15, 0.2) is 11.5 Å². The van der Waals surface area contributed by atoms with Crippen LogP contribution in [0.25, 0.3) is 0 Å². The second-order valence-electron chi connectivity index (χ2n) is 5.09. The molecule has 126 valence electrons. The zero-order chi connectivity index (χ0) is 17.7. The summed E-state index contributed by atoms with van der Waals surface area (Å²) in [5.74, 6) is 1.73. The summed E-state index contributed by atoms with van der Waals surface area (Å²) in [7, 11) is 4.39. The average molecular weight is 329 g/mol. The van der Waals surface area contributed by atoms with Gasteiger partial charge in [0.1, 0.15) is 17.6 Å². The molecule has 0 N–H and O–H groups in total. The van der Waals surface area contributed by atoms with Crippen molar-refractivity contribution in [3.63, 3.8) is 0 Å². The fraction of sp³-hybridized carbons (Fsp3) is 0.278. The fourth-order valence-corrected chi connectivity index (χ4v) is 2.61. The van der Waals surface area contributed by atoms with E-state index in [1.54, 1.807) is 31.4 Å².